The molecule has 0 radical (unpaired) electrons. The fraction of sp³-hybridized carbons (Fsp3) is 0.611. The van der Waals surface area contributed by atoms with Gasteiger partial charge in [0.05, 0.1) is 11.5 Å². The monoisotopic (exact) mass is 322 g/mol. The van der Waals surface area contributed by atoms with Gasteiger partial charge in [0.25, 0.3) is 6.29 Å². The van der Waals surface area contributed by atoms with E-state index >= 15 is 0 Å². The van der Waals surface area contributed by atoms with Crippen LogP contribution in [0.2, 0.25) is 0 Å². The molecule has 0 aliphatic heterocycles. The van der Waals surface area contributed by atoms with Crippen molar-refractivity contribution in [1.82, 2.24) is 0 Å². The molecule has 0 spiro atoms. The zero-order chi connectivity index (χ0) is 16.7. The number of hydrogen-bond acceptors (Lipinski definition) is 5. The summed E-state index contributed by atoms with van der Waals surface area (Å²) in [6, 6.07) is 0. The van der Waals surface area contributed by atoms with Gasteiger partial charge in [0.15, 0.2) is 0 Å². The van der Waals surface area contributed by atoms with Gasteiger partial charge in [-0.1, -0.05) is 6.58 Å². The lowest BCUT2D eigenvalue weighted by molar-refractivity contribution is -0.196. The standard InChI is InChI=1S/C18H26O5/c1-13(2)18(19)21-14(3)20-12-17(22-15-8-4-5-9-15)23-16-10-6-7-11-16/h8,10,14,17H,1,4-7,9,11-12H2,2-3H3. The van der Waals surface area contributed by atoms with Crippen molar-refractivity contribution in [3.05, 3.63) is 35.8 Å². The minimum Gasteiger partial charge on any atom is -0.457 e. The SMILES string of the molecule is C=C(C)C(=O)OC(C)OCC(OC1=CCCC1)OC1=CCCC1. The molecule has 2 aliphatic rings. The highest BCUT2D eigenvalue weighted by Crippen LogP contribution is 2.25. The van der Waals surface area contributed by atoms with Crippen LogP contribution in [-0.4, -0.2) is 25.2 Å². The van der Waals surface area contributed by atoms with Crippen molar-refractivity contribution < 1.29 is 23.7 Å². The van der Waals surface area contributed by atoms with Crippen LogP contribution in [0.3, 0.4) is 0 Å². The molecule has 0 N–H and O–H groups in total. The van der Waals surface area contributed by atoms with Gasteiger partial charge in [0.2, 0.25) is 6.29 Å². The van der Waals surface area contributed by atoms with Crippen molar-refractivity contribution in [3.63, 3.8) is 0 Å². The van der Waals surface area contributed by atoms with Gasteiger partial charge >= 0.3 is 5.97 Å². The lowest BCUT2D eigenvalue weighted by Gasteiger charge is -2.23. The molecule has 0 amide bonds. The van der Waals surface area contributed by atoms with E-state index in [1.54, 1.807) is 13.8 Å². The molecular formula is C18H26O5. The average Bonchev–Trinajstić information content (AvgIpc) is 3.18. The second-order valence-electron chi connectivity index (χ2n) is 5.88. The summed E-state index contributed by atoms with van der Waals surface area (Å²) >= 11 is 0. The molecule has 2 aliphatic carbocycles. The molecule has 0 fully saturated rings. The Morgan fingerprint density at radius 2 is 1.74 bits per heavy atom. The molecular weight excluding hydrogens is 296 g/mol. The van der Waals surface area contributed by atoms with Crippen molar-refractivity contribution in [3.8, 4) is 0 Å². The topological polar surface area (TPSA) is 54.0 Å². The van der Waals surface area contributed by atoms with Gasteiger partial charge in [0, 0.05) is 18.4 Å². The largest absolute Gasteiger partial charge is 0.457 e. The molecule has 23 heavy (non-hydrogen) atoms. The molecule has 0 aromatic carbocycles. The number of carbonyl (C=O) groups is 1. The third-order valence-corrected chi connectivity index (χ3v) is 3.65. The highest BCUT2D eigenvalue weighted by atomic mass is 16.7. The number of carbonyl (C=O) groups excluding carboxylic acids is 1. The first-order valence-electron chi connectivity index (χ1n) is 8.24. The third kappa shape index (κ3) is 6.10. The molecule has 5 heteroatoms. The van der Waals surface area contributed by atoms with E-state index in [-0.39, 0.29) is 6.61 Å². The van der Waals surface area contributed by atoms with Crippen LogP contribution < -0.4 is 0 Å². The minimum absolute atomic E-state index is 0.194. The molecule has 0 bridgehead atoms. The van der Waals surface area contributed by atoms with Crippen LogP contribution in [0, 0.1) is 0 Å². The zero-order valence-corrected chi connectivity index (χ0v) is 14.0. The summed E-state index contributed by atoms with van der Waals surface area (Å²) in [5.41, 5.74) is 0.344. The molecule has 0 aromatic rings. The Morgan fingerprint density at radius 3 is 2.17 bits per heavy atom. The fourth-order valence-corrected chi connectivity index (χ4v) is 2.43. The molecule has 5 nitrogen and oxygen atoms in total. The van der Waals surface area contributed by atoms with Gasteiger partial charge in [0.1, 0.15) is 6.61 Å². The van der Waals surface area contributed by atoms with E-state index in [0.29, 0.717) is 5.57 Å². The molecule has 0 saturated carbocycles. The van der Waals surface area contributed by atoms with Crippen molar-refractivity contribution in [2.24, 2.45) is 0 Å². The number of ether oxygens (including phenoxy) is 4. The van der Waals surface area contributed by atoms with Crippen LogP contribution in [0.25, 0.3) is 0 Å². The van der Waals surface area contributed by atoms with Gasteiger partial charge in [-0.05, 0) is 51.7 Å². The van der Waals surface area contributed by atoms with Gasteiger partial charge < -0.3 is 18.9 Å². The Morgan fingerprint density at radius 1 is 1.17 bits per heavy atom. The van der Waals surface area contributed by atoms with Crippen molar-refractivity contribution in [2.45, 2.75) is 65.0 Å². The van der Waals surface area contributed by atoms with Crippen molar-refractivity contribution in [2.75, 3.05) is 6.61 Å². The summed E-state index contributed by atoms with van der Waals surface area (Å²) in [5, 5.41) is 0. The minimum atomic E-state index is -0.677. The Bertz CT molecular complexity index is 466. The molecule has 0 heterocycles. The number of hydrogen-bond donors (Lipinski definition) is 0. The maximum Gasteiger partial charge on any atom is 0.335 e. The normalized spacial score (nSPS) is 18.4. The smallest absolute Gasteiger partial charge is 0.335 e. The quantitative estimate of drug-likeness (QED) is 0.365. The Balaban J connectivity index is 1.83. The second-order valence-corrected chi connectivity index (χ2v) is 5.88. The van der Waals surface area contributed by atoms with Crippen LogP contribution in [0.4, 0.5) is 0 Å². The Labute approximate surface area is 137 Å². The van der Waals surface area contributed by atoms with E-state index in [4.69, 9.17) is 18.9 Å². The van der Waals surface area contributed by atoms with Gasteiger partial charge in [-0.15, -0.1) is 0 Å². The summed E-state index contributed by atoms with van der Waals surface area (Å²) in [6.45, 7) is 7.01. The molecule has 2 rings (SSSR count). The van der Waals surface area contributed by atoms with Gasteiger partial charge in [-0.2, -0.15) is 0 Å². The van der Waals surface area contributed by atoms with E-state index in [9.17, 15) is 4.79 Å². The van der Waals surface area contributed by atoms with Crippen LogP contribution >= 0.6 is 0 Å². The first kappa shape index (κ1) is 17.6. The lowest BCUT2D eigenvalue weighted by atomic mass is 10.3. The lowest BCUT2D eigenvalue weighted by Crippen LogP contribution is -2.27. The maximum atomic E-state index is 11.5. The predicted octanol–water partition coefficient (Wildman–Crippen LogP) is 3.96. The van der Waals surface area contributed by atoms with E-state index in [0.717, 1.165) is 50.0 Å². The highest BCUT2D eigenvalue weighted by Gasteiger charge is 2.21. The van der Waals surface area contributed by atoms with Crippen molar-refractivity contribution in [1.29, 1.82) is 0 Å². The van der Waals surface area contributed by atoms with Crippen LogP contribution in [0.15, 0.2) is 35.8 Å². The van der Waals surface area contributed by atoms with E-state index in [1.807, 2.05) is 0 Å². The van der Waals surface area contributed by atoms with Crippen LogP contribution in [0.5, 0.6) is 0 Å². The van der Waals surface area contributed by atoms with Gasteiger partial charge in [-0.3, -0.25) is 0 Å². The van der Waals surface area contributed by atoms with Crippen LogP contribution in [0.1, 0.15) is 52.4 Å². The molecule has 128 valence electrons. The number of allylic oxidation sites excluding steroid dienone is 4. The third-order valence-electron chi connectivity index (χ3n) is 3.65. The number of rotatable bonds is 9. The maximum absolute atomic E-state index is 11.5. The Kier molecular flexibility index (Phi) is 6.71. The van der Waals surface area contributed by atoms with Crippen molar-refractivity contribution >= 4 is 5.97 Å². The van der Waals surface area contributed by atoms with Crippen LogP contribution in [-0.2, 0) is 23.7 Å². The summed E-state index contributed by atoms with van der Waals surface area (Å²) in [5.74, 6) is 1.43. The highest BCUT2D eigenvalue weighted by molar-refractivity contribution is 5.86. The molecule has 1 atom stereocenters. The first-order valence-corrected chi connectivity index (χ1v) is 8.24. The summed E-state index contributed by atoms with van der Waals surface area (Å²) < 4.78 is 22.4. The molecule has 0 aromatic heterocycles. The summed E-state index contributed by atoms with van der Waals surface area (Å²) in [6.07, 6.45) is 9.14. The predicted molar refractivity (Wildman–Crippen MR) is 86.1 cm³/mol. The molecule has 1 unspecified atom stereocenters. The Hall–Kier alpha value is -1.75. The summed E-state index contributed by atoms with van der Waals surface area (Å²) in [4.78, 5) is 11.5. The van der Waals surface area contributed by atoms with Gasteiger partial charge in [-0.25, -0.2) is 4.79 Å². The fourth-order valence-electron chi connectivity index (χ4n) is 2.43. The van der Waals surface area contributed by atoms with E-state index in [2.05, 4.69) is 18.7 Å². The first-order chi connectivity index (χ1) is 11.0. The second kappa shape index (κ2) is 8.77. The van der Waals surface area contributed by atoms with E-state index in [1.165, 1.54) is 0 Å². The van der Waals surface area contributed by atoms with E-state index < -0.39 is 18.5 Å². The average molecular weight is 322 g/mol. The zero-order valence-electron chi connectivity index (χ0n) is 14.0. The molecule has 0 saturated heterocycles. The number of esters is 1. The summed E-state index contributed by atoms with van der Waals surface area (Å²) in [7, 11) is 0.